The molecule has 4 N–H and O–H groups in total. The summed E-state index contributed by atoms with van der Waals surface area (Å²) in [5.41, 5.74) is 7.96. The summed E-state index contributed by atoms with van der Waals surface area (Å²) in [7, 11) is 1.91. The topological polar surface area (TPSA) is 238 Å². The van der Waals surface area contributed by atoms with Gasteiger partial charge in [0.2, 0.25) is 17.0 Å². The van der Waals surface area contributed by atoms with Gasteiger partial charge in [0, 0.05) is 88.0 Å². The van der Waals surface area contributed by atoms with Crippen molar-refractivity contribution in [3.05, 3.63) is 85.8 Å². The van der Waals surface area contributed by atoms with E-state index in [4.69, 9.17) is 25.0 Å². The fourth-order valence-electron chi connectivity index (χ4n) is 8.47. The second-order valence-electron chi connectivity index (χ2n) is 16.4. The van der Waals surface area contributed by atoms with E-state index in [9.17, 15) is 29.1 Å². The number of piperidine rings is 1. The zero-order valence-electron chi connectivity index (χ0n) is 37.0. The number of anilines is 2. The summed E-state index contributed by atoms with van der Waals surface area (Å²) < 4.78 is 35.6. The van der Waals surface area contributed by atoms with E-state index < -0.39 is 52.5 Å². The fraction of sp³-hybridized carbons (Fsp3) is 0.409. The average Bonchev–Trinajstić information content (AvgIpc) is 3.99. The van der Waals surface area contributed by atoms with Gasteiger partial charge in [0.25, 0.3) is 11.8 Å². The van der Waals surface area contributed by atoms with Gasteiger partial charge >= 0.3 is 11.9 Å². The van der Waals surface area contributed by atoms with E-state index in [2.05, 4.69) is 19.8 Å². The number of nitrogen functional groups attached to an aromatic ring is 1. The highest BCUT2D eigenvalue weighted by molar-refractivity contribution is 8.07. The molecule has 356 valence electrons. The minimum atomic E-state index is -1.05. The van der Waals surface area contributed by atoms with Gasteiger partial charge in [-0.2, -0.15) is 9.36 Å². The molecule has 3 atom stereocenters. The molecule has 4 aliphatic rings. The molecule has 0 saturated carbocycles. The molecule has 5 aromatic rings. The molecule has 2 unspecified atom stereocenters. The number of rotatable bonds is 15. The Hall–Kier alpha value is -5.95. The number of thiazole rings is 1. The largest absolute Gasteiger partial charge is 0.462 e. The number of amides is 2. The predicted molar refractivity (Wildman–Crippen MR) is 254 cm³/mol. The lowest BCUT2D eigenvalue weighted by atomic mass is 9.93. The van der Waals surface area contributed by atoms with E-state index in [1.807, 2.05) is 57.9 Å². The second kappa shape index (κ2) is 19.9. The second-order valence-corrected chi connectivity index (χ2v) is 20.5. The van der Waals surface area contributed by atoms with E-state index in [0.29, 0.717) is 64.8 Å². The van der Waals surface area contributed by atoms with Crippen LogP contribution in [-0.4, -0.2) is 115 Å². The number of nitrogens with one attached hydrogen (secondary N) is 1. The smallest absolute Gasteiger partial charge is 0.355 e. The number of oxime groups is 1. The van der Waals surface area contributed by atoms with Crippen molar-refractivity contribution in [2.45, 2.75) is 73.9 Å². The van der Waals surface area contributed by atoms with Crippen molar-refractivity contribution in [1.82, 2.24) is 29.1 Å². The molecule has 2 fully saturated rings. The lowest BCUT2D eigenvalue weighted by Gasteiger charge is -2.49. The van der Waals surface area contributed by atoms with Crippen LogP contribution in [-0.2, 0) is 42.2 Å². The van der Waals surface area contributed by atoms with Crippen LogP contribution in [0.4, 0.5) is 15.2 Å². The first-order valence-corrected chi connectivity index (χ1v) is 25.4. The number of carbonyl (C=O) groups is 4. The number of hydrogen-bond donors (Lipinski definition) is 3. The molecule has 1 aromatic carbocycles. The van der Waals surface area contributed by atoms with Crippen molar-refractivity contribution in [3.8, 4) is 11.3 Å². The Bertz CT molecular complexity index is 2930. The number of nitrogens with two attached hydrogens (primary N) is 1. The molecular formula is C44H46FN10O9S4+. The lowest BCUT2D eigenvalue weighted by Crippen LogP contribution is -2.71. The Morgan fingerprint density at radius 3 is 2.57 bits per heavy atom. The van der Waals surface area contributed by atoms with Crippen LogP contribution in [0.5, 0.6) is 0 Å². The van der Waals surface area contributed by atoms with Crippen LogP contribution in [0.3, 0.4) is 0 Å². The third-order valence-electron chi connectivity index (χ3n) is 11.9. The SMILES string of the molecule is CCO/N=C(/C(=O)N[C@@H]1C(=O)N2C(C(=O)OCCCOC(=O)c3cn4c5c(c(N6CCC(O)CC6)c(F)cc5c3=O)CCC4C)=C(Sc3nc(-c4cc[n+](C)cc4)cs3)CSC12)c1nsc(N)n1. The van der Waals surface area contributed by atoms with Gasteiger partial charge in [0.1, 0.15) is 42.1 Å². The van der Waals surface area contributed by atoms with Crippen molar-refractivity contribution >= 4 is 97.6 Å². The molecule has 19 nitrogen and oxygen atoms in total. The minimum absolute atomic E-state index is 0.00760. The number of hydrogen-bond acceptors (Lipinski definition) is 19. The summed E-state index contributed by atoms with van der Waals surface area (Å²) in [5.74, 6) is -3.41. The van der Waals surface area contributed by atoms with Crippen LogP contribution >= 0.6 is 46.4 Å². The van der Waals surface area contributed by atoms with E-state index in [1.54, 1.807) is 6.92 Å². The predicted octanol–water partition coefficient (Wildman–Crippen LogP) is 3.93. The molecule has 0 aliphatic carbocycles. The van der Waals surface area contributed by atoms with Crippen LogP contribution in [0.25, 0.3) is 22.2 Å². The number of aromatic nitrogens is 5. The van der Waals surface area contributed by atoms with Crippen LogP contribution in [0, 0.1) is 5.82 Å². The van der Waals surface area contributed by atoms with Crippen LogP contribution < -0.4 is 25.9 Å². The molecular weight excluding hydrogens is 960 g/mol. The monoisotopic (exact) mass is 1010 g/mol. The zero-order valence-corrected chi connectivity index (χ0v) is 40.3. The van der Waals surface area contributed by atoms with Gasteiger partial charge in [-0.25, -0.2) is 23.5 Å². The van der Waals surface area contributed by atoms with Gasteiger partial charge in [-0.15, -0.1) is 23.1 Å². The molecule has 4 aromatic heterocycles. The standard InChI is InChI=1S/C44H45FN10O9S4/c1-4-64-50-31(37-49-43(46)68-51-37)38(58)48-32-39(59)55-35(30(21-65-40(32)55)67-44-47-29(20-66-44)23-8-12-52(3)13-9-23)42(61)63-17-5-16-62-41(60)27-19-54-22(2)6-7-25-33(54)26(36(27)57)18-28(45)34(25)53-14-10-24(56)11-15-53/h8-9,12-13,18-20,22,24,32,40,56H,4-7,10-11,14-17,21H2,1-3H3,(H2-,46,48,49,51,58)/p+1/b50-31+/t22?,32-,40?/m1/s1. The first-order valence-electron chi connectivity index (χ1n) is 21.9. The van der Waals surface area contributed by atoms with Crippen LogP contribution in [0.1, 0.15) is 67.3 Å². The number of pyridine rings is 2. The van der Waals surface area contributed by atoms with Gasteiger partial charge in [0.15, 0.2) is 21.9 Å². The molecule has 4 aliphatic heterocycles. The number of benzene rings is 1. The maximum Gasteiger partial charge on any atom is 0.355 e. The Balaban J connectivity index is 0.895. The molecule has 0 radical (unpaired) electrons. The number of carbonyl (C=O) groups excluding carboxylic acids is 4. The quantitative estimate of drug-likeness (QED) is 0.0337. The Morgan fingerprint density at radius 1 is 1.10 bits per heavy atom. The highest BCUT2D eigenvalue weighted by Crippen LogP contribution is 2.46. The van der Waals surface area contributed by atoms with E-state index in [-0.39, 0.29) is 71.4 Å². The summed E-state index contributed by atoms with van der Waals surface area (Å²) in [5, 5.41) is 18.0. The van der Waals surface area contributed by atoms with E-state index in [1.165, 1.54) is 52.0 Å². The minimum Gasteiger partial charge on any atom is -0.462 e. The molecule has 9 rings (SSSR count). The number of β-lactam (4-membered cyclic amide) rings is 1. The summed E-state index contributed by atoms with van der Waals surface area (Å²) in [4.78, 5) is 86.5. The van der Waals surface area contributed by atoms with E-state index >= 15 is 4.39 Å². The number of ether oxygens (including phenoxy) is 2. The molecule has 2 saturated heterocycles. The molecule has 8 heterocycles. The number of aliphatic hydroxyl groups excluding tert-OH is 1. The van der Waals surface area contributed by atoms with Gasteiger partial charge in [-0.1, -0.05) is 16.9 Å². The highest BCUT2D eigenvalue weighted by Gasteiger charge is 2.55. The maximum absolute atomic E-state index is 15.9. The van der Waals surface area contributed by atoms with Crippen LogP contribution in [0.2, 0.25) is 0 Å². The third kappa shape index (κ3) is 9.30. The number of esters is 2. The average molecular weight is 1010 g/mol. The number of aryl methyl sites for hydroxylation is 2. The highest BCUT2D eigenvalue weighted by atomic mass is 32.2. The zero-order chi connectivity index (χ0) is 47.8. The van der Waals surface area contributed by atoms with Crippen molar-refractivity contribution in [2.24, 2.45) is 12.2 Å². The number of halogens is 1. The Labute approximate surface area is 404 Å². The summed E-state index contributed by atoms with van der Waals surface area (Å²) >= 11 is 4.82. The maximum atomic E-state index is 15.9. The molecule has 2 amide bonds. The van der Waals surface area contributed by atoms with Gasteiger partial charge in [0.05, 0.1) is 36.2 Å². The number of fused-ring (bicyclic) bond motifs is 1. The lowest BCUT2D eigenvalue weighted by molar-refractivity contribution is -0.671. The van der Waals surface area contributed by atoms with Gasteiger partial charge in [-0.05, 0) is 45.6 Å². The van der Waals surface area contributed by atoms with Gasteiger partial charge in [-0.3, -0.25) is 19.3 Å². The van der Waals surface area contributed by atoms with Crippen LogP contribution in [0.15, 0.2) is 67.1 Å². The van der Waals surface area contributed by atoms with E-state index in [0.717, 1.165) is 22.8 Å². The van der Waals surface area contributed by atoms with Crippen molar-refractivity contribution in [2.75, 3.05) is 49.3 Å². The summed E-state index contributed by atoms with van der Waals surface area (Å²) in [6.45, 7) is 4.34. The summed E-state index contributed by atoms with van der Waals surface area (Å²) in [6, 6.07) is 3.93. The van der Waals surface area contributed by atoms with Crippen molar-refractivity contribution < 1.29 is 47.6 Å². The number of aliphatic hydroxyl groups is 1. The molecule has 68 heavy (non-hydrogen) atoms. The fourth-order valence-corrected chi connectivity index (χ4v) is 12.4. The van der Waals surface area contributed by atoms with Gasteiger partial charge < -0.3 is 39.9 Å². The Morgan fingerprint density at radius 2 is 1.85 bits per heavy atom. The van der Waals surface area contributed by atoms with Crippen molar-refractivity contribution in [1.29, 1.82) is 0 Å². The molecule has 0 spiro atoms. The third-order valence-corrected chi connectivity index (χ3v) is 15.9. The number of thioether (sulfide) groups is 2. The Kier molecular flexibility index (Phi) is 13.8. The normalized spacial score (nSPS) is 19.5. The first kappa shape index (κ1) is 47.1. The molecule has 24 heteroatoms. The number of nitrogens with zero attached hydrogens (tertiary/aromatic N) is 8. The molecule has 0 bridgehead atoms. The summed E-state index contributed by atoms with van der Waals surface area (Å²) in [6.07, 6.45) is 7.16. The van der Waals surface area contributed by atoms with Crippen molar-refractivity contribution in [3.63, 3.8) is 0 Å². The first-order chi connectivity index (χ1) is 32.8.